The van der Waals surface area contributed by atoms with Crippen molar-refractivity contribution in [1.82, 2.24) is 0 Å². The summed E-state index contributed by atoms with van der Waals surface area (Å²) in [6, 6.07) is 1.94. The lowest BCUT2D eigenvalue weighted by molar-refractivity contribution is -0.221. The molecule has 2 heterocycles. The standard InChI is InChI=1S/C29H34O8/c1-15-18(17-8-10-35-13-17)11-19-23(15)29(5)20(12-22(33)34-6)28(4)21(32)7-9-27(3,14-30)25(28)24(26(29)37-19)36-16(2)31/h7-10,13-14,18-20,24-26H,11-12H2,1-6H3. The molecule has 8 heteroatoms. The molecule has 198 valence electrons. The molecule has 5 rings (SSSR count). The smallest absolute Gasteiger partial charge is 0.305 e. The summed E-state index contributed by atoms with van der Waals surface area (Å²) in [6.07, 6.45) is 6.04. The van der Waals surface area contributed by atoms with Crippen molar-refractivity contribution in [3.05, 3.63) is 47.5 Å². The fourth-order valence-electron chi connectivity index (χ4n) is 8.31. The van der Waals surface area contributed by atoms with Gasteiger partial charge >= 0.3 is 11.9 Å². The number of allylic oxidation sites excluding steroid dienone is 3. The summed E-state index contributed by atoms with van der Waals surface area (Å²) in [5.74, 6) is -2.39. The molecule has 4 aliphatic rings. The maximum atomic E-state index is 13.9. The van der Waals surface area contributed by atoms with Gasteiger partial charge in [-0.1, -0.05) is 25.5 Å². The lowest BCUT2D eigenvalue weighted by Gasteiger charge is -2.62. The third-order valence-corrected chi connectivity index (χ3v) is 9.82. The Balaban J connectivity index is 1.77. The quantitative estimate of drug-likeness (QED) is 0.333. The van der Waals surface area contributed by atoms with Gasteiger partial charge in [-0.05, 0) is 49.5 Å². The number of carbonyl (C=O) groups is 4. The first-order valence-corrected chi connectivity index (χ1v) is 12.8. The van der Waals surface area contributed by atoms with Gasteiger partial charge in [0.1, 0.15) is 18.5 Å². The van der Waals surface area contributed by atoms with E-state index in [-0.39, 0.29) is 24.2 Å². The van der Waals surface area contributed by atoms with Crippen molar-refractivity contribution in [2.45, 2.75) is 71.7 Å². The highest BCUT2D eigenvalue weighted by Crippen LogP contribution is 2.70. The van der Waals surface area contributed by atoms with Crippen LogP contribution in [0.25, 0.3) is 0 Å². The molecule has 9 unspecified atom stereocenters. The highest BCUT2D eigenvalue weighted by atomic mass is 16.6. The Labute approximate surface area is 216 Å². The number of furan rings is 1. The summed E-state index contributed by atoms with van der Waals surface area (Å²) >= 11 is 0. The van der Waals surface area contributed by atoms with Gasteiger partial charge in [0.25, 0.3) is 0 Å². The van der Waals surface area contributed by atoms with Crippen molar-refractivity contribution in [3.8, 4) is 0 Å². The second-order valence-electron chi connectivity index (χ2n) is 11.6. The number of fused-ring (bicyclic) bond motifs is 4. The fourth-order valence-corrected chi connectivity index (χ4v) is 8.31. The predicted octanol–water partition coefficient (Wildman–Crippen LogP) is 3.95. The fraction of sp³-hybridized carbons (Fsp3) is 0.586. The van der Waals surface area contributed by atoms with Crippen LogP contribution in [0.2, 0.25) is 0 Å². The van der Waals surface area contributed by atoms with E-state index in [1.165, 1.54) is 20.1 Å². The Hall–Kier alpha value is -3.00. The first kappa shape index (κ1) is 25.6. The van der Waals surface area contributed by atoms with Gasteiger partial charge in [-0.15, -0.1) is 0 Å². The topological polar surface area (TPSA) is 109 Å². The molecule has 1 aromatic heterocycles. The molecule has 2 fully saturated rings. The molecule has 1 aromatic rings. The molecule has 0 N–H and O–H groups in total. The molecule has 0 amide bonds. The minimum absolute atomic E-state index is 0.0406. The van der Waals surface area contributed by atoms with Gasteiger partial charge in [0, 0.05) is 35.0 Å². The van der Waals surface area contributed by atoms with Crippen LogP contribution < -0.4 is 0 Å². The normalized spacial score (nSPS) is 42.2. The van der Waals surface area contributed by atoms with E-state index in [0.717, 1.165) is 23.0 Å². The zero-order chi connectivity index (χ0) is 26.9. The number of ether oxygens (including phenoxy) is 3. The van der Waals surface area contributed by atoms with Crippen molar-refractivity contribution < 1.29 is 37.8 Å². The van der Waals surface area contributed by atoms with Gasteiger partial charge in [0.05, 0.1) is 32.2 Å². The Morgan fingerprint density at radius 1 is 1.22 bits per heavy atom. The van der Waals surface area contributed by atoms with Gasteiger partial charge in [0.2, 0.25) is 0 Å². The highest BCUT2D eigenvalue weighted by Gasteiger charge is 2.74. The van der Waals surface area contributed by atoms with E-state index in [1.54, 1.807) is 25.5 Å². The zero-order valence-electron chi connectivity index (χ0n) is 22.1. The van der Waals surface area contributed by atoms with Crippen LogP contribution >= 0.6 is 0 Å². The molecule has 0 bridgehead atoms. The van der Waals surface area contributed by atoms with Crippen molar-refractivity contribution in [1.29, 1.82) is 0 Å². The molecule has 0 radical (unpaired) electrons. The first-order valence-electron chi connectivity index (χ1n) is 12.8. The number of esters is 2. The van der Waals surface area contributed by atoms with Crippen LogP contribution in [-0.4, -0.2) is 49.4 Å². The highest BCUT2D eigenvalue weighted by molar-refractivity contribution is 5.98. The summed E-state index contributed by atoms with van der Waals surface area (Å²) < 4.78 is 23.2. The number of carbonyl (C=O) groups excluding carboxylic acids is 4. The van der Waals surface area contributed by atoms with Crippen LogP contribution in [0.5, 0.6) is 0 Å². The van der Waals surface area contributed by atoms with E-state index in [4.69, 9.17) is 18.6 Å². The van der Waals surface area contributed by atoms with Gasteiger partial charge in [-0.2, -0.15) is 0 Å². The summed E-state index contributed by atoms with van der Waals surface area (Å²) in [5.41, 5.74) is 0.0221. The second kappa shape index (κ2) is 8.51. The first-order chi connectivity index (χ1) is 17.4. The van der Waals surface area contributed by atoms with E-state index in [1.807, 2.05) is 19.9 Å². The van der Waals surface area contributed by atoms with E-state index >= 15 is 0 Å². The average Bonchev–Trinajstić information content (AvgIpc) is 3.56. The van der Waals surface area contributed by atoms with Gasteiger partial charge < -0.3 is 23.4 Å². The molecule has 37 heavy (non-hydrogen) atoms. The molecule has 0 spiro atoms. The number of rotatable bonds is 5. The second-order valence-corrected chi connectivity index (χ2v) is 11.6. The van der Waals surface area contributed by atoms with Crippen LogP contribution in [0.15, 0.2) is 46.3 Å². The van der Waals surface area contributed by atoms with Crippen molar-refractivity contribution in [3.63, 3.8) is 0 Å². The van der Waals surface area contributed by atoms with E-state index in [9.17, 15) is 19.2 Å². The number of hydrogen-bond acceptors (Lipinski definition) is 8. The Bertz CT molecular complexity index is 1210. The predicted molar refractivity (Wildman–Crippen MR) is 131 cm³/mol. The van der Waals surface area contributed by atoms with Crippen molar-refractivity contribution in [2.24, 2.45) is 28.1 Å². The molecule has 9 atom stereocenters. The Morgan fingerprint density at radius 3 is 2.54 bits per heavy atom. The van der Waals surface area contributed by atoms with Gasteiger partial charge in [-0.3, -0.25) is 14.4 Å². The monoisotopic (exact) mass is 510 g/mol. The van der Waals surface area contributed by atoms with Crippen LogP contribution in [0.3, 0.4) is 0 Å². The largest absolute Gasteiger partial charge is 0.472 e. The van der Waals surface area contributed by atoms with Gasteiger partial charge in [0.15, 0.2) is 5.78 Å². The third-order valence-electron chi connectivity index (χ3n) is 9.82. The zero-order valence-corrected chi connectivity index (χ0v) is 22.1. The number of ketones is 1. The minimum Gasteiger partial charge on any atom is -0.472 e. The molecule has 1 saturated heterocycles. The van der Waals surface area contributed by atoms with Gasteiger partial charge in [-0.25, -0.2) is 0 Å². The lowest BCUT2D eigenvalue weighted by atomic mass is 9.41. The molecule has 1 aliphatic heterocycles. The third kappa shape index (κ3) is 3.37. The van der Waals surface area contributed by atoms with Crippen LogP contribution in [0.1, 0.15) is 58.9 Å². The molecular weight excluding hydrogens is 476 g/mol. The molecule has 1 saturated carbocycles. The Kier molecular flexibility index (Phi) is 5.90. The summed E-state index contributed by atoms with van der Waals surface area (Å²) in [4.78, 5) is 51.7. The lowest BCUT2D eigenvalue weighted by Crippen LogP contribution is -2.69. The average molecular weight is 511 g/mol. The summed E-state index contributed by atoms with van der Waals surface area (Å²) in [6.45, 7) is 8.96. The number of aldehydes is 1. The molecule has 8 nitrogen and oxygen atoms in total. The summed E-state index contributed by atoms with van der Waals surface area (Å²) in [7, 11) is 1.33. The number of methoxy groups -OCH3 is 1. The van der Waals surface area contributed by atoms with Crippen LogP contribution in [-0.2, 0) is 33.4 Å². The Morgan fingerprint density at radius 2 is 1.95 bits per heavy atom. The van der Waals surface area contributed by atoms with Crippen LogP contribution in [0, 0.1) is 28.1 Å². The minimum atomic E-state index is -1.21. The molecule has 3 aliphatic carbocycles. The summed E-state index contributed by atoms with van der Waals surface area (Å²) in [5, 5.41) is 0. The van der Waals surface area contributed by atoms with E-state index in [2.05, 4.69) is 6.92 Å². The SMILES string of the molecule is COC(=O)CC1C2(C)C3=C(C)C(c4ccoc4)CC3OC2C(OC(C)=O)C2C(C)(C=O)C=CC(=O)C21C. The maximum Gasteiger partial charge on any atom is 0.305 e. The van der Waals surface area contributed by atoms with E-state index < -0.39 is 52.2 Å². The number of hydrogen-bond donors (Lipinski definition) is 0. The maximum absolute atomic E-state index is 13.9. The van der Waals surface area contributed by atoms with Crippen molar-refractivity contribution in [2.75, 3.05) is 7.11 Å². The van der Waals surface area contributed by atoms with Crippen LogP contribution in [0.4, 0.5) is 0 Å². The molecular formula is C29H34O8. The molecule has 0 aromatic carbocycles. The van der Waals surface area contributed by atoms with Crippen molar-refractivity contribution >= 4 is 24.0 Å². The van der Waals surface area contributed by atoms with E-state index in [0.29, 0.717) is 6.42 Å².